The van der Waals surface area contributed by atoms with Gasteiger partial charge < -0.3 is 5.11 Å². The smallest absolute Gasteiger partial charge is 0.0445 e. The van der Waals surface area contributed by atoms with Crippen molar-refractivity contribution in [2.24, 2.45) is 5.92 Å². The van der Waals surface area contributed by atoms with Crippen molar-refractivity contribution in [1.82, 2.24) is 4.90 Å². The third-order valence-electron chi connectivity index (χ3n) is 3.32. The molecule has 1 aliphatic heterocycles. The first kappa shape index (κ1) is 15.9. The van der Waals surface area contributed by atoms with Crippen LogP contribution in [0.3, 0.4) is 0 Å². The van der Waals surface area contributed by atoms with Gasteiger partial charge in [0.1, 0.15) is 0 Å². The zero-order chi connectivity index (χ0) is 13.4. The molecule has 0 aromatic carbocycles. The minimum absolute atomic E-state index is 0.307. The molecule has 104 valence electrons. The maximum absolute atomic E-state index is 9.09. The molecule has 1 saturated heterocycles. The first-order valence-corrected chi connectivity index (χ1v) is 7.81. The van der Waals surface area contributed by atoms with Gasteiger partial charge in [0.15, 0.2) is 0 Å². The van der Waals surface area contributed by atoms with Crippen molar-refractivity contribution in [1.29, 1.82) is 0 Å². The van der Waals surface area contributed by atoms with Crippen LogP contribution < -0.4 is 0 Å². The Morgan fingerprint density at radius 2 is 2.22 bits per heavy atom. The van der Waals surface area contributed by atoms with Crippen LogP contribution in [0.4, 0.5) is 0 Å². The number of likely N-dealkylation sites (tertiary alicyclic amines) is 1. The Morgan fingerprint density at radius 3 is 2.89 bits per heavy atom. The molecule has 0 radical (unpaired) electrons. The number of hydrogen-bond acceptors (Lipinski definition) is 2. The summed E-state index contributed by atoms with van der Waals surface area (Å²) < 4.78 is 1.16. The number of piperidine rings is 1. The molecule has 0 bridgehead atoms. The molecular weight excluding hydrogens is 290 g/mol. The van der Waals surface area contributed by atoms with Gasteiger partial charge in [0.2, 0.25) is 0 Å². The Balaban J connectivity index is 2.42. The summed E-state index contributed by atoms with van der Waals surface area (Å²) in [5.74, 6) is 0.571. The van der Waals surface area contributed by atoms with Crippen LogP contribution in [0.25, 0.3) is 0 Å². The second-order valence-electron chi connectivity index (χ2n) is 5.35. The van der Waals surface area contributed by atoms with E-state index in [1.165, 1.54) is 25.8 Å². The predicted molar refractivity (Wildman–Crippen MR) is 81.9 cm³/mol. The molecule has 18 heavy (non-hydrogen) atoms. The number of aliphatic hydroxyl groups is 1. The second-order valence-corrected chi connectivity index (χ2v) is 6.27. The fourth-order valence-electron chi connectivity index (χ4n) is 2.45. The minimum Gasteiger partial charge on any atom is -0.396 e. The molecule has 0 amide bonds. The van der Waals surface area contributed by atoms with Crippen LogP contribution in [-0.2, 0) is 0 Å². The monoisotopic (exact) mass is 315 g/mol. The van der Waals surface area contributed by atoms with E-state index in [4.69, 9.17) is 5.11 Å². The first-order chi connectivity index (χ1) is 8.63. The molecule has 0 aliphatic carbocycles. The quantitative estimate of drug-likeness (QED) is 0.755. The van der Waals surface area contributed by atoms with Crippen molar-refractivity contribution < 1.29 is 5.11 Å². The molecular formula is C15H26BrNO. The van der Waals surface area contributed by atoms with Gasteiger partial charge in [-0.15, -0.1) is 0 Å². The zero-order valence-electron chi connectivity index (χ0n) is 11.6. The molecule has 0 saturated carbocycles. The largest absolute Gasteiger partial charge is 0.396 e. The van der Waals surface area contributed by atoms with Crippen LogP contribution in [0.2, 0.25) is 0 Å². The van der Waals surface area contributed by atoms with E-state index >= 15 is 0 Å². The minimum atomic E-state index is 0.307. The van der Waals surface area contributed by atoms with Crippen LogP contribution in [0, 0.1) is 5.92 Å². The van der Waals surface area contributed by atoms with Gasteiger partial charge in [-0.05, 0) is 31.7 Å². The van der Waals surface area contributed by atoms with E-state index in [0.29, 0.717) is 18.6 Å². The van der Waals surface area contributed by atoms with E-state index in [9.17, 15) is 0 Å². The van der Waals surface area contributed by atoms with E-state index in [1.807, 2.05) is 0 Å². The Labute approximate surface area is 120 Å². The van der Waals surface area contributed by atoms with Crippen molar-refractivity contribution in [2.75, 3.05) is 19.7 Å². The van der Waals surface area contributed by atoms with Crippen molar-refractivity contribution in [3.05, 3.63) is 22.7 Å². The normalized spacial score (nSPS) is 23.2. The maximum Gasteiger partial charge on any atom is 0.0445 e. The molecule has 3 heteroatoms. The first-order valence-electron chi connectivity index (χ1n) is 7.02. The summed E-state index contributed by atoms with van der Waals surface area (Å²) in [5, 5.41) is 9.09. The van der Waals surface area contributed by atoms with E-state index < -0.39 is 0 Å². The van der Waals surface area contributed by atoms with Crippen LogP contribution in [-0.4, -0.2) is 35.7 Å². The van der Waals surface area contributed by atoms with Crippen molar-refractivity contribution in [3.63, 3.8) is 0 Å². The lowest BCUT2D eigenvalue weighted by atomic mass is 10.00. The SMILES string of the molecule is CC(C)/C=C(Br)/C=C/CN1CCCCC1CCO. The summed E-state index contributed by atoms with van der Waals surface area (Å²) in [4.78, 5) is 2.49. The van der Waals surface area contributed by atoms with Gasteiger partial charge in [0.25, 0.3) is 0 Å². The lowest BCUT2D eigenvalue weighted by Gasteiger charge is -2.34. The van der Waals surface area contributed by atoms with Gasteiger partial charge in [-0.3, -0.25) is 4.90 Å². The van der Waals surface area contributed by atoms with Gasteiger partial charge in [-0.1, -0.05) is 54.4 Å². The van der Waals surface area contributed by atoms with Crippen molar-refractivity contribution >= 4 is 15.9 Å². The summed E-state index contributed by atoms with van der Waals surface area (Å²) in [7, 11) is 0. The topological polar surface area (TPSA) is 23.5 Å². The van der Waals surface area contributed by atoms with Crippen LogP contribution >= 0.6 is 15.9 Å². The van der Waals surface area contributed by atoms with Crippen molar-refractivity contribution in [2.45, 2.75) is 45.6 Å². The summed E-state index contributed by atoms with van der Waals surface area (Å²) in [6.45, 7) is 6.82. The number of rotatable bonds is 6. The molecule has 0 spiro atoms. The lowest BCUT2D eigenvalue weighted by molar-refractivity contribution is 0.132. The maximum atomic E-state index is 9.09. The van der Waals surface area contributed by atoms with E-state index in [-0.39, 0.29) is 0 Å². The molecule has 1 fully saturated rings. The highest BCUT2D eigenvalue weighted by Crippen LogP contribution is 2.19. The van der Waals surface area contributed by atoms with Gasteiger partial charge >= 0.3 is 0 Å². The summed E-state index contributed by atoms with van der Waals surface area (Å²) in [6.07, 6.45) is 11.3. The standard InChI is InChI=1S/C15H26BrNO/c1-13(2)12-14(16)6-5-10-17-9-4-3-7-15(17)8-11-18/h5-6,12-13,15,18H,3-4,7-11H2,1-2H3/b6-5+,14-12-. The van der Waals surface area contributed by atoms with E-state index in [1.54, 1.807) is 0 Å². The van der Waals surface area contributed by atoms with Gasteiger partial charge in [-0.25, -0.2) is 0 Å². The molecule has 0 aromatic rings. The average molecular weight is 316 g/mol. The molecule has 1 heterocycles. The number of halogens is 1. The number of allylic oxidation sites excluding steroid dienone is 3. The van der Waals surface area contributed by atoms with Crippen LogP contribution in [0.15, 0.2) is 22.7 Å². The zero-order valence-corrected chi connectivity index (χ0v) is 13.2. The fourth-order valence-corrected chi connectivity index (χ4v) is 3.17. The Hall–Kier alpha value is -0.120. The third kappa shape index (κ3) is 6.17. The van der Waals surface area contributed by atoms with E-state index in [2.05, 4.69) is 52.9 Å². The second kappa shape index (κ2) is 8.89. The third-order valence-corrected chi connectivity index (χ3v) is 3.85. The Bertz CT molecular complexity index is 284. The molecule has 2 nitrogen and oxygen atoms in total. The van der Waals surface area contributed by atoms with Gasteiger partial charge in [0, 0.05) is 23.7 Å². The summed E-state index contributed by atoms with van der Waals surface area (Å²) >= 11 is 3.57. The average Bonchev–Trinajstić information content (AvgIpc) is 2.30. The predicted octanol–water partition coefficient (Wildman–Crippen LogP) is 3.71. The van der Waals surface area contributed by atoms with Crippen LogP contribution in [0.1, 0.15) is 39.5 Å². The molecule has 1 rings (SSSR count). The molecule has 1 atom stereocenters. The van der Waals surface area contributed by atoms with Gasteiger partial charge in [0.05, 0.1) is 0 Å². The molecule has 0 aromatic heterocycles. The number of nitrogens with zero attached hydrogens (tertiary/aromatic N) is 1. The van der Waals surface area contributed by atoms with Gasteiger partial charge in [-0.2, -0.15) is 0 Å². The molecule has 1 N–H and O–H groups in total. The number of aliphatic hydroxyl groups excluding tert-OH is 1. The highest BCUT2D eigenvalue weighted by molar-refractivity contribution is 9.11. The summed E-state index contributed by atoms with van der Waals surface area (Å²) in [5.41, 5.74) is 0. The summed E-state index contributed by atoms with van der Waals surface area (Å²) in [6, 6.07) is 0.571. The number of hydrogen-bond donors (Lipinski definition) is 1. The van der Waals surface area contributed by atoms with Crippen LogP contribution in [0.5, 0.6) is 0 Å². The van der Waals surface area contributed by atoms with Crippen molar-refractivity contribution in [3.8, 4) is 0 Å². The van der Waals surface area contributed by atoms with E-state index in [0.717, 1.165) is 17.4 Å². The Kier molecular flexibility index (Phi) is 7.87. The fraction of sp³-hybridized carbons (Fsp3) is 0.733. The highest BCUT2D eigenvalue weighted by atomic mass is 79.9. The molecule has 1 aliphatic rings. The Morgan fingerprint density at radius 1 is 1.44 bits per heavy atom. The lowest BCUT2D eigenvalue weighted by Crippen LogP contribution is -2.40. The highest BCUT2D eigenvalue weighted by Gasteiger charge is 2.20. The molecule has 1 unspecified atom stereocenters.